The molecule has 8 aromatic rings. The van der Waals surface area contributed by atoms with Gasteiger partial charge in [0.2, 0.25) is 0 Å². The fourth-order valence-electron chi connectivity index (χ4n) is 7.48. The maximum atomic E-state index is 4.96. The number of aryl methyl sites for hydroxylation is 4. The zero-order valence-corrected chi connectivity index (χ0v) is 30.1. The van der Waals surface area contributed by atoms with Crippen LogP contribution >= 0.6 is 0 Å². The Bertz CT molecular complexity index is 2470. The summed E-state index contributed by atoms with van der Waals surface area (Å²) in [4.78, 5) is 9.51. The first-order valence-corrected chi connectivity index (χ1v) is 17.9. The van der Waals surface area contributed by atoms with Gasteiger partial charge in [-0.15, -0.1) is 0 Å². The first kappa shape index (κ1) is 32.8. The first-order valence-electron chi connectivity index (χ1n) is 17.9. The minimum Gasteiger partial charge on any atom is -0.256 e. The fourth-order valence-corrected chi connectivity index (χ4v) is 7.48. The lowest BCUT2D eigenvalue weighted by molar-refractivity contribution is 1.32. The van der Waals surface area contributed by atoms with E-state index < -0.39 is 0 Å². The molecule has 0 aliphatic heterocycles. The van der Waals surface area contributed by atoms with E-state index in [4.69, 9.17) is 4.98 Å². The van der Waals surface area contributed by atoms with E-state index in [-0.39, 0.29) is 0 Å². The Hall–Kier alpha value is -6.38. The van der Waals surface area contributed by atoms with Gasteiger partial charge in [-0.25, -0.2) is 0 Å². The standard InChI is InChI=1S/C50H40N2/c1-33-26-34(2)29-42(28-33)45-11-6-5-10-44(45)41-23-24-49(52-32-41)40-21-17-38(18-22-40)47-13-9-12-46(50(47)43-30-35(3)27-36(4)31-43)37-15-19-39(20-16-37)48-14-7-8-25-51-48/h5-32H,1-4H3. The molecule has 52 heavy (non-hydrogen) atoms. The summed E-state index contributed by atoms with van der Waals surface area (Å²) in [6, 6.07) is 56.8. The monoisotopic (exact) mass is 668 g/mol. The average Bonchev–Trinajstić information content (AvgIpc) is 3.17. The van der Waals surface area contributed by atoms with Crippen molar-refractivity contribution in [2.24, 2.45) is 0 Å². The van der Waals surface area contributed by atoms with Crippen molar-refractivity contribution < 1.29 is 0 Å². The summed E-state index contributed by atoms with van der Waals surface area (Å²) < 4.78 is 0. The van der Waals surface area contributed by atoms with Crippen LogP contribution in [0.3, 0.4) is 0 Å². The molecule has 0 saturated heterocycles. The highest BCUT2D eigenvalue weighted by Crippen LogP contribution is 2.42. The first-order chi connectivity index (χ1) is 25.4. The molecule has 0 amide bonds. The summed E-state index contributed by atoms with van der Waals surface area (Å²) in [6.45, 7) is 8.67. The Morgan fingerprint density at radius 2 is 0.750 bits per heavy atom. The molecule has 0 radical (unpaired) electrons. The van der Waals surface area contributed by atoms with E-state index in [1.54, 1.807) is 0 Å². The molecule has 0 spiro atoms. The summed E-state index contributed by atoms with van der Waals surface area (Å²) in [6.07, 6.45) is 3.85. The molecule has 2 heteroatoms. The predicted octanol–water partition coefficient (Wildman–Crippen LogP) is 13.4. The van der Waals surface area contributed by atoms with Crippen LogP contribution in [0.25, 0.3) is 78.1 Å². The molecule has 2 nitrogen and oxygen atoms in total. The van der Waals surface area contributed by atoms with E-state index in [0.29, 0.717) is 0 Å². The lowest BCUT2D eigenvalue weighted by atomic mass is 9.86. The molecule has 2 aromatic heterocycles. The topological polar surface area (TPSA) is 25.8 Å². The molecule has 0 saturated carbocycles. The SMILES string of the molecule is Cc1cc(C)cc(-c2ccccc2-c2ccc(-c3ccc(-c4cccc(-c5ccc(-c6ccccn6)cc5)c4-c4cc(C)cc(C)c4)cc3)nc2)c1. The van der Waals surface area contributed by atoms with Crippen molar-refractivity contribution in [3.05, 3.63) is 192 Å². The number of aromatic nitrogens is 2. The normalized spacial score (nSPS) is 11.1. The van der Waals surface area contributed by atoms with E-state index in [9.17, 15) is 0 Å². The predicted molar refractivity (Wildman–Crippen MR) is 219 cm³/mol. The van der Waals surface area contributed by atoms with Crippen molar-refractivity contribution in [1.29, 1.82) is 0 Å². The van der Waals surface area contributed by atoms with E-state index >= 15 is 0 Å². The van der Waals surface area contributed by atoms with Crippen LogP contribution in [-0.2, 0) is 0 Å². The molecule has 0 aliphatic rings. The number of benzene rings is 6. The Morgan fingerprint density at radius 3 is 1.25 bits per heavy atom. The molecular formula is C50H40N2. The molecule has 8 rings (SSSR count). The summed E-state index contributed by atoms with van der Waals surface area (Å²) >= 11 is 0. The molecule has 0 N–H and O–H groups in total. The van der Waals surface area contributed by atoms with E-state index in [0.717, 1.165) is 28.1 Å². The zero-order chi connectivity index (χ0) is 35.6. The smallest absolute Gasteiger partial charge is 0.0702 e. The van der Waals surface area contributed by atoms with Crippen LogP contribution in [0.1, 0.15) is 22.3 Å². The Balaban J connectivity index is 1.14. The van der Waals surface area contributed by atoms with Crippen molar-refractivity contribution in [1.82, 2.24) is 9.97 Å². The third-order valence-corrected chi connectivity index (χ3v) is 9.76. The third kappa shape index (κ3) is 6.72. The second kappa shape index (κ2) is 14.1. The molecule has 0 aliphatic carbocycles. The maximum absolute atomic E-state index is 4.96. The minimum atomic E-state index is 0.954. The number of pyridine rings is 2. The lowest BCUT2D eigenvalue weighted by Gasteiger charge is -2.18. The van der Waals surface area contributed by atoms with Gasteiger partial charge >= 0.3 is 0 Å². The summed E-state index contributed by atoms with van der Waals surface area (Å²) in [7, 11) is 0. The quantitative estimate of drug-likeness (QED) is 0.169. The van der Waals surface area contributed by atoms with Crippen molar-refractivity contribution in [2.45, 2.75) is 27.7 Å². The molecule has 250 valence electrons. The van der Waals surface area contributed by atoms with Crippen LogP contribution in [-0.4, -0.2) is 9.97 Å². The Kier molecular flexibility index (Phi) is 8.89. The Labute approximate surface area is 307 Å². The third-order valence-electron chi connectivity index (χ3n) is 9.76. The van der Waals surface area contributed by atoms with Gasteiger partial charge in [0, 0.05) is 29.1 Å². The van der Waals surface area contributed by atoms with E-state index in [1.807, 2.05) is 24.5 Å². The van der Waals surface area contributed by atoms with E-state index in [1.165, 1.54) is 72.3 Å². The zero-order valence-electron chi connectivity index (χ0n) is 30.1. The van der Waals surface area contributed by atoms with Gasteiger partial charge in [-0.2, -0.15) is 0 Å². The molecule has 0 atom stereocenters. The van der Waals surface area contributed by atoms with Gasteiger partial charge in [0.05, 0.1) is 11.4 Å². The van der Waals surface area contributed by atoms with Crippen LogP contribution in [0.5, 0.6) is 0 Å². The van der Waals surface area contributed by atoms with Crippen molar-refractivity contribution >= 4 is 0 Å². The molecule has 6 aromatic carbocycles. The lowest BCUT2D eigenvalue weighted by Crippen LogP contribution is -1.93. The molecule has 0 bridgehead atoms. The second-order valence-corrected chi connectivity index (χ2v) is 13.8. The average molecular weight is 669 g/mol. The van der Waals surface area contributed by atoms with Gasteiger partial charge in [0.1, 0.15) is 0 Å². The maximum Gasteiger partial charge on any atom is 0.0702 e. The van der Waals surface area contributed by atoms with Crippen LogP contribution in [0.2, 0.25) is 0 Å². The van der Waals surface area contributed by atoms with E-state index in [2.05, 4.69) is 178 Å². The van der Waals surface area contributed by atoms with Gasteiger partial charge in [0.25, 0.3) is 0 Å². The van der Waals surface area contributed by atoms with Crippen LogP contribution in [0, 0.1) is 27.7 Å². The summed E-state index contributed by atoms with van der Waals surface area (Å²) in [5.41, 5.74) is 21.1. The van der Waals surface area contributed by atoms with Gasteiger partial charge in [-0.1, -0.05) is 162 Å². The highest BCUT2D eigenvalue weighted by Gasteiger charge is 2.16. The van der Waals surface area contributed by atoms with Crippen LogP contribution < -0.4 is 0 Å². The molecule has 0 fully saturated rings. The van der Waals surface area contributed by atoms with Gasteiger partial charge in [-0.3, -0.25) is 9.97 Å². The fraction of sp³-hybridized carbons (Fsp3) is 0.0800. The number of rotatable bonds is 7. The van der Waals surface area contributed by atoms with Crippen molar-refractivity contribution in [3.8, 4) is 78.1 Å². The molecular weight excluding hydrogens is 629 g/mol. The number of hydrogen-bond acceptors (Lipinski definition) is 2. The molecule has 0 unspecified atom stereocenters. The second-order valence-electron chi connectivity index (χ2n) is 13.8. The summed E-state index contributed by atoms with van der Waals surface area (Å²) in [5, 5.41) is 0. The van der Waals surface area contributed by atoms with Gasteiger partial charge < -0.3 is 0 Å². The summed E-state index contributed by atoms with van der Waals surface area (Å²) in [5.74, 6) is 0. The molecule has 2 heterocycles. The number of hydrogen-bond donors (Lipinski definition) is 0. The van der Waals surface area contributed by atoms with Crippen molar-refractivity contribution in [3.63, 3.8) is 0 Å². The van der Waals surface area contributed by atoms with Crippen molar-refractivity contribution in [2.75, 3.05) is 0 Å². The van der Waals surface area contributed by atoms with Crippen LogP contribution in [0.4, 0.5) is 0 Å². The van der Waals surface area contributed by atoms with Crippen LogP contribution in [0.15, 0.2) is 170 Å². The van der Waals surface area contributed by atoms with Gasteiger partial charge in [-0.05, 0) is 96.0 Å². The minimum absolute atomic E-state index is 0.954. The Morgan fingerprint density at radius 1 is 0.308 bits per heavy atom. The highest BCUT2D eigenvalue weighted by molar-refractivity contribution is 5.95. The largest absolute Gasteiger partial charge is 0.256 e. The van der Waals surface area contributed by atoms with Gasteiger partial charge in [0.15, 0.2) is 0 Å². The number of nitrogens with zero attached hydrogens (tertiary/aromatic N) is 2. The highest BCUT2D eigenvalue weighted by atomic mass is 14.7.